The maximum Gasteiger partial charge on any atom is 0.472 e. The number of carbonyl (C=O) groups is 1. The number of nitrogens with zero attached hydrogens (tertiary/aromatic N) is 1. The number of unbranched alkanes of at least 4 members (excludes halogenated alkanes) is 22. The van der Waals surface area contributed by atoms with E-state index in [-0.39, 0.29) is 19.1 Å². The summed E-state index contributed by atoms with van der Waals surface area (Å²) in [7, 11) is 1.57. The predicted molar refractivity (Wildman–Crippen MR) is 254 cm³/mol. The number of allylic oxidation sites excluding steroid dienone is 9. The zero-order valence-electron chi connectivity index (χ0n) is 39.0. The molecule has 0 aromatic carbocycles. The summed E-state index contributed by atoms with van der Waals surface area (Å²) in [6.07, 6.45) is 54.7. The van der Waals surface area contributed by atoms with E-state index in [1.54, 1.807) is 6.08 Å². The fraction of sp³-hybridized carbons (Fsp3) is 0.780. The minimum absolute atomic E-state index is 0.0601. The summed E-state index contributed by atoms with van der Waals surface area (Å²) in [4.78, 5) is 23.1. The second kappa shape index (κ2) is 41.5. The van der Waals surface area contributed by atoms with Crippen molar-refractivity contribution in [2.45, 2.75) is 212 Å². The van der Waals surface area contributed by atoms with Gasteiger partial charge in [-0.05, 0) is 57.8 Å². The van der Waals surface area contributed by atoms with Crippen LogP contribution in [0.1, 0.15) is 200 Å². The van der Waals surface area contributed by atoms with Crippen LogP contribution < -0.4 is 5.32 Å². The zero-order valence-corrected chi connectivity index (χ0v) is 39.9. The van der Waals surface area contributed by atoms with Crippen molar-refractivity contribution in [2.75, 3.05) is 40.9 Å². The predicted octanol–water partition coefficient (Wildman–Crippen LogP) is 13.8. The van der Waals surface area contributed by atoms with Crippen molar-refractivity contribution in [3.63, 3.8) is 0 Å². The summed E-state index contributed by atoms with van der Waals surface area (Å²) in [5.74, 6) is -0.182. The highest BCUT2D eigenvalue weighted by Crippen LogP contribution is 2.43. The third kappa shape index (κ3) is 44.1. The Kier molecular flexibility index (Phi) is 40.3. The lowest BCUT2D eigenvalue weighted by Crippen LogP contribution is -2.45. The molecule has 0 heterocycles. The SMILES string of the molecule is CC/C=C\C/C=C\C/C=C\C/C=C\CCCCCCCCCCCCCCCCCCC(=O)NC(COP(=O)(O)OCC[N+](C)(C)C)C(O)/C=C/CCCCCCCC. The van der Waals surface area contributed by atoms with Crippen molar-refractivity contribution in [1.29, 1.82) is 0 Å². The second-order valence-corrected chi connectivity index (χ2v) is 18.9. The number of phosphoric ester groups is 1. The average Bonchev–Trinajstić information content (AvgIpc) is 3.19. The van der Waals surface area contributed by atoms with Crippen molar-refractivity contribution in [3.05, 3.63) is 60.8 Å². The van der Waals surface area contributed by atoms with Crippen LogP contribution in [0.15, 0.2) is 60.8 Å². The maximum atomic E-state index is 12.8. The Bertz CT molecular complexity index is 1140. The van der Waals surface area contributed by atoms with E-state index >= 15 is 0 Å². The first-order chi connectivity index (χ1) is 28.5. The van der Waals surface area contributed by atoms with Crippen molar-refractivity contribution in [1.82, 2.24) is 5.32 Å². The average molecular weight is 850 g/mol. The van der Waals surface area contributed by atoms with Gasteiger partial charge < -0.3 is 19.8 Å². The molecule has 344 valence electrons. The van der Waals surface area contributed by atoms with Gasteiger partial charge in [0.1, 0.15) is 13.2 Å². The monoisotopic (exact) mass is 850 g/mol. The minimum atomic E-state index is -4.33. The first kappa shape index (κ1) is 57.2. The van der Waals surface area contributed by atoms with Crippen molar-refractivity contribution < 1.29 is 32.9 Å². The van der Waals surface area contributed by atoms with Gasteiger partial charge in [0.05, 0.1) is 39.9 Å². The number of aliphatic hydroxyl groups excluding tert-OH is 1. The van der Waals surface area contributed by atoms with Gasteiger partial charge in [0.15, 0.2) is 0 Å². The number of likely N-dealkylation sites (N-methyl/N-ethyl adjacent to an activating group) is 1. The molecule has 59 heavy (non-hydrogen) atoms. The van der Waals surface area contributed by atoms with Gasteiger partial charge in [0, 0.05) is 6.42 Å². The summed E-state index contributed by atoms with van der Waals surface area (Å²) in [5.41, 5.74) is 0. The summed E-state index contributed by atoms with van der Waals surface area (Å²) in [6, 6.07) is -0.844. The number of hydrogen-bond acceptors (Lipinski definition) is 5. The molecule has 1 amide bonds. The standard InChI is InChI=1S/C50H93N2O6P/c1-6-8-10-12-14-16-17-18-19-20-21-22-23-24-25-26-27-28-29-30-31-32-33-34-35-36-38-40-42-44-50(54)51-48(47-58-59(55,56)57-46-45-52(3,4)5)49(53)43-41-39-37-15-13-11-9-7-2/h8,10,14,16,18-19,21-22,41,43,48-49,53H,6-7,9,11-13,15,17,20,23-40,42,44-47H2,1-5H3,(H-,51,54,55,56)/p+1/b10-8-,16-14-,19-18-,22-21-,43-41+. The fourth-order valence-electron chi connectivity index (χ4n) is 6.68. The molecule has 0 saturated heterocycles. The fourth-order valence-corrected chi connectivity index (χ4v) is 7.41. The molecule has 3 unspecified atom stereocenters. The molecule has 8 nitrogen and oxygen atoms in total. The van der Waals surface area contributed by atoms with E-state index in [9.17, 15) is 19.4 Å². The van der Waals surface area contributed by atoms with Crippen LogP contribution in [0.25, 0.3) is 0 Å². The molecule has 3 atom stereocenters. The number of aliphatic hydroxyl groups is 1. The minimum Gasteiger partial charge on any atom is -0.387 e. The third-order valence-electron chi connectivity index (χ3n) is 10.5. The van der Waals surface area contributed by atoms with Crippen LogP contribution in [-0.2, 0) is 18.4 Å². The van der Waals surface area contributed by atoms with Crippen LogP contribution in [0, 0.1) is 0 Å². The molecule has 3 N–H and O–H groups in total. The molecule has 0 aliphatic heterocycles. The highest BCUT2D eigenvalue weighted by molar-refractivity contribution is 7.47. The Labute approximate surface area is 364 Å². The lowest BCUT2D eigenvalue weighted by molar-refractivity contribution is -0.870. The number of quaternary nitrogens is 1. The molecule has 0 bridgehead atoms. The highest BCUT2D eigenvalue weighted by Gasteiger charge is 2.27. The lowest BCUT2D eigenvalue weighted by Gasteiger charge is -2.25. The van der Waals surface area contributed by atoms with E-state index < -0.39 is 20.0 Å². The largest absolute Gasteiger partial charge is 0.472 e. The van der Waals surface area contributed by atoms with Crippen LogP contribution in [0.4, 0.5) is 0 Å². The van der Waals surface area contributed by atoms with Crippen LogP contribution in [0.2, 0.25) is 0 Å². The Morgan fingerprint density at radius 1 is 0.593 bits per heavy atom. The van der Waals surface area contributed by atoms with Crippen LogP contribution >= 0.6 is 7.82 Å². The Morgan fingerprint density at radius 2 is 1.02 bits per heavy atom. The molecule has 0 saturated carbocycles. The topological polar surface area (TPSA) is 105 Å². The molecule has 0 aromatic heterocycles. The van der Waals surface area contributed by atoms with Crippen molar-refractivity contribution in [3.8, 4) is 0 Å². The molecule has 0 radical (unpaired) electrons. The number of nitrogens with one attached hydrogen (secondary N) is 1. The first-order valence-electron chi connectivity index (χ1n) is 24.2. The number of carbonyl (C=O) groups excluding carboxylic acids is 1. The van der Waals surface area contributed by atoms with E-state index in [1.807, 2.05) is 27.2 Å². The van der Waals surface area contributed by atoms with Gasteiger partial charge in [0.25, 0.3) is 0 Å². The van der Waals surface area contributed by atoms with E-state index in [2.05, 4.69) is 67.8 Å². The van der Waals surface area contributed by atoms with Gasteiger partial charge in [-0.15, -0.1) is 0 Å². The molecule has 0 aromatic rings. The zero-order chi connectivity index (χ0) is 43.6. The summed E-state index contributed by atoms with van der Waals surface area (Å²) in [5, 5.41) is 13.7. The van der Waals surface area contributed by atoms with E-state index in [4.69, 9.17) is 9.05 Å². The molecule has 0 spiro atoms. The summed E-state index contributed by atoms with van der Waals surface area (Å²) >= 11 is 0. The molecule has 0 fully saturated rings. The Hall–Kier alpha value is -1.80. The second-order valence-electron chi connectivity index (χ2n) is 17.5. The van der Waals surface area contributed by atoms with Gasteiger partial charge >= 0.3 is 7.82 Å². The van der Waals surface area contributed by atoms with Gasteiger partial charge in [-0.2, -0.15) is 0 Å². The van der Waals surface area contributed by atoms with Crippen molar-refractivity contribution in [2.24, 2.45) is 0 Å². The van der Waals surface area contributed by atoms with E-state index in [0.29, 0.717) is 17.4 Å². The normalized spacial score (nSPS) is 14.8. The maximum absolute atomic E-state index is 12.8. The summed E-state index contributed by atoms with van der Waals surface area (Å²) in [6.45, 7) is 4.65. The Morgan fingerprint density at radius 3 is 1.49 bits per heavy atom. The molecule has 0 aliphatic rings. The quantitative estimate of drug-likeness (QED) is 0.0244. The number of hydrogen-bond donors (Lipinski definition) is 3. The molecular formula is C50H94N2O6P+. The smallest absolute Gasteiger partial charge is 0.387 e. The number of rotatable bonds is 43. The van der Waals surface area contributed by atoms with Crippen LogP contribution in [-0.4, -0.2) is 73.4 Å². The van der Waals surface area contributed by atoms with E-state index in [1.165, 1.54) is 116 Å². The lowest BCUT2D eigenvalue weighted by atomic mass is 10.0. The van der Waals surface area contributed by atoms with Gasteiger partial charge in [-0.1, -0.05) is 197 Å². The van der Waals surface area contributed by atoms with Gasteiger partial charge in [-0.3, -0.25) is 13.8 Å². The van der Waals surface area contributed by atoms with Crippen molar-refractivity contribution >= 4 is 13.7 Å². The Balaban J connectivity index is 4.03. The third-order valence-corrected chi connectivity index (χ3v) is 11.5. The van der Waals surface area contributed by atoms with Crippen LogP contribution in [0.5, 0.6) is 0 Å². The molecular weight excluding hydrogens is 756 g/mol. The molecule has 9 heteroatoms. The van der Waals surface area contributed by atoms with Crippen LogP contribution in [0.3, 0.4) is 0 Å². The highest BCUT2D eigenvalue weighted by atomic mass is 31.2. The molecule has 0 aliphatic carbocycles. The van der Waals surface area contributed by atoms with Gasteiger partial charge in [0.2, 0.25) is 5.91 Å². The molecule has 0 rings (SSSR count). The number of amides is 1. The van der Waals surface area contributed by atoms with E-state index in [0.717, 1.165) is 64.2 Å². The number of phosphoric acid groups is 1. The summed E-state index contributed by atoms with van der Waals surface area (Å²) < 4.78 is 23.5. The van der Waals surface area contributed by atoms with Gasteiger partial charge in [-0.25, -0.2) is 4.57 Å². The first-order valence-corrected chi connectivity index (χ1v) is 25.7.